The topological polar surface area (TPSA) is 209 Å². The number of anilines is 3. The molecule has 1 fully saturated rings. The number of benzene rings is 2. The summed E-state index contributed by atoms with van der Waals surface area (Å²) in [5.74, 6) is -5.23. The number of esters is 1. The van der Waals surface area contributed by atoms with E-state index >= 15 is 0 Å². The Kier molecular flexibility index (Phi) is 8.70. The third-order valence-corrected chi connectivity index (χ3v) is 9.10. The first-order valence-electron chi connectivity index (χ1n) is 15.4. The van der Waals surface area contributed by atoms with Crippen LogP contribution in [0.15, 0.2) is 67.0 Å². The van der Waals surface area contributed by atoms with E-state index < -0.39 is 59.6 Å². The monoisotopic (exact) mass is 748 g/mol. The fourth-order valence-electron chi connectivity index (χ4n) is 5.89. The lowest BCUT2D eigenvalue weighted by Gasteiger charge is -2.34. The van der Waals surface area contributed by atoms with Crippen LogP contribution in [0, 0.1) is 0 Å². The zero-order valence-electron chi connectivity index (χ0n) is 27.0. The maximum absolute atomic E-state index is 13.8. The summed E-state index contributed by atoms with van der Waals surface area (Å²) in [5, 5.41) is 6.88. The number of nitrogens with zero attached hydrogens (tertiary/aromatic N) is 6. The number of nitrogens with one attached hydrogen (secondary N) is 1. The van der Waals surface area contributed by atoms with Gasteiger partial charge in [-0.3, -0.25) is 38.7 Å². The molecule has 3 N–H and O–H groups in total. The second-order valence-corrected chi connectivity index (χ2v) is 12.3. The number of carbonyl (C=O) groups is 6. The van der Waals surface area contributed by atoms with Crippen molar-refractivity contribution in [3.63, 3.8) is 0 Å². The number of nitrogens with two attached hydrogens (primary N) is 1. The molecule has 0 spiro atoms. The number of morpholine rings is 1. The second kappa shape index (κ2) is 13.2. The van der Waals surface area contributed by atoms with Gasteiger partial charge in [-0.1, -0.05) is 12.1 Å². The Morgan fingerprint density at radius 2 is 1.77 bits per heavy atom. The Morgan fingerprint density at radius 3 is 2.43 bits per heavy atom. The van der Waals surface area contributed by atoms with Crippen LogP contribution in [0.1, 0.15) is 43.7 Å². The van der Waals surface area contributed by atoms with Gasteiger partial charge >= 0.3 is 12.1 Å². The van der Waals surface area contributed by atoms with Crippen molar-refractivity contribution >= 4 is 74.4 Å². The molecule has 2 aromatic carbocycles. The third-order valence-electron chi connectivity index (χ3n) is 8.23. The third kappa shape index (κ3) is 6.22. The van der Waals surface area contributed by atoms with Gasteiger partial charge in [0.2, 0.25) is 6.10 Å². The van der Waals surface area contributed by atoms with Crippen LogP contribution in [0.25, 0.3) is 15.8 Å². The number of imide groups is 1. The number of rotatable bonds is 8. The number of carbonyl (C=O) groups excluding carboxylic acids is 6. The van der Waals surface area contributed by atoms with Gasteiger partial charge in [0.15, 0.2) is 17.7 Å². The van der Waals surface area contributed by atoms with Crippen molar-refractivity contribution < 1.29 is 51.4 Å². The number of aromatic nitrogens is 4. The second-order valence-electron chi connectivity index (χ2n) is 11.5. The molecule has 53 heavy (non-hydrogen) atoms. The van der Waals surface area contributed by atoms with Crippen LogP contribution in [0.2, 0.25) is 0 Å². The van der Waals surface area contributed by atoms with Crippen molar-refractivity contribution in [1.29, 1.82) is 0 Å². The highest BCUT2D eigenvalue weighted by Gasteiger charge is 2.44. The Bertz CT molecular complexity index is 2340. The number of hydrogen-bond acceptors (Lipinski definition) is 12. The summed E-state index contributed by atoms with van der Waals surface area (Å²) in [4.78, 5) is 84.0. The van der Waals surface area contributed by atoms with Gasteiger partial charge in [0.1, 0.15) is 5.69 Å². The molecule has 0 unspecified atom stereocenters. The largest absolute Gasteiger partial charge is 0.449 e. The number of amides is 5. The molecule has 0 saturated carbocycles. The fourth-order valence-corrected chi connectivity index (χ4v) is 6.81. The van der Waals surface area contributed by atoms with Gasteiger partial charge < -0.3 is 20.5 Å². The van der Waals surface area contributed by atoms with Crippen LogP contribution in [0.3, 0.4) is 0 Å². The number of hydrogen-bond donors (Lipinski definition) is 2. The van der Waals surface area contributed by atoms with E-state index in [0.717, 1.165) is 45.2 Å². The average Bonchev–Trinajstić information content (AvgIpc) is 3.84. The van der Waals surface area contributed by atoms with Crippen molar-refractivity contribution in [3.8, 4) is 5.69 Å². The summed E-state index contributed by atoms with van der Waals surface area (Å²) in [7, 11) is 0. The van der Waals surface area contributed by atoms with E-state index in [1.165, 1.54) is 42.6 Å². The molecule has 3 aromatic heterocycles. The lowest BCUT2D eigenvalue weighted by atomic mass is 10.1. The average molecular weight is 749 g/mol. The molecule has 16 nitrogen and oxygen atoms in total. The predicted octanol–water partition coefficient (Wildman–Crippen LogP) is 3.10. The van der Waals surface area contributed by atoms with E-state index in [1.807, 2.05) is 0 Å². The quantitative estimate of drug-likeness (QED) is 0.174. The smallest absolute Gasteiger partial charge is 0.433 e. The Labute approximate surface area is 299 Å². The Balaban J connectivity index is 1.15. The number of ether oxygens (including phenoxy) is 2. The predicted molar refractivity (Wildman–Crippen MR) is 178 cm³/mol. The minimum Gasteiger partial charge on any atom is -0.449 e. The van der Waals surface area contributed by atoms with E-state index in [1.54, 1.807) is 12.1 Å². The lowest BCUT2D eigenvalue weighted by Crippen LogP contribution is -2.56. The highest BCUT2D eigenvalue weighted by Crippen LogP contribution is 2.39. The fraction of sp³-hybridized carbons (Fsp3) is 0.182. The summed E-state index contributed by atoms with van der Waals surface area (Å²) in [6.07, 6.45) is -6.06. The van der Waals surface area contributed by atoms with Crippen molar-refractivity contribution in [2.24, 2.45) is 5.73 Å². The minimum atomic E-state index is -4.71. The van der Waals surface area contributed by atoms with Crippen LogP contribution >= 0.6 is 11.5 Å². The maximum atomic E-state index is 13.8. The minimum absolute atomic E-state index is 0.00354. The summed E-state index contributed by atoms with van der Waals surface area (Å²) < 4.78 is 56.0. The normalized spacial score (nSPS) is 16.5. The van der Waals surface area contributed by atoms with Crippen LogP contribution in [-0.2, 0) is 30.0 Å². The SMILES string of the molecule is CC(=O)O[C@@H](C(=O)Nc1ccc2c(N3C(=O)c4ccccc4C3=O)nsc2c1C(N)=O)[C@H]1OCCN(c2ccn(-c3ccnc(C(F)(F)F)c3)n2)C1=O. The van der Waals surface area contributed by atoms with E-state index in [-0.39, 0.29) is 62.9 Å². The number of halogens is 3. The van der Waals surface area contributed by atoms with Gasteiger partial charge in [0.25, 0.3) is 29.5 Å². The molecule has 2 aliphatic rings. The Hall–Kier alpha value is -6.54. The van der Waals surface area contributed by atoms with Gasteiger partial charge in [0.05, 0.1) is 45.9 Å². The van der Waals surface area contributed by atoms with Gasteiger partial charge in [-0.2, -0.15) is 17.5 Å². The molecule has 5 heterocycles. The van der Waals surface area contributed by atoms with E-state index in [2.05, 4.69) is 19.8 Å². The zero-order valence-corrected chi connectivity index (χ0v) is 27.8. The standard InChI is InChI=1S/C33H23F3N8O8S/c1-15(45)52-24(25-32(50)42(12-13-51-25)22-9-11-43(40-22)16-8-10-38-21(14-16)33(34,35)36)29(47)39-20-7-6-19-26(23(20)27(37)46)53-41-28(19)44-30(48)17-4-2-3-5-18(17)31(44)49/h2-11,14,24-25H,12-13H2,1H3,(H2,37,46)(H,39,47)/t24-,25-/m1/s1. The molecule has 270 valence electrons. The first kappa shape index (κ1) is 34.9. The molecule has 0 bridgehead atoms. The molecule has 2 aliphatic heterocycles. The molecule has 2 atom stereocenters. The maximum Gasteiger partial charge on any atom is 0.433 e. The van der Waals surface area contributed by atoms with E-state index in [0.29, 0.717) is 0 Å². The van der Waals surface area contributed by atoms with Crippen molar-refractivity contribution in [1.82, 2.24) is 19.1 Å². The van der Waals surface area contributed by atoms with Crippen LogP contribution in [0.4, 0.5) is 30.5 Å². The lowest BCUT2D eigenvalue weighted by molar-refractivity contribution is -0.167. The summed E-state index contributed by atoms with van der Waals surface area (Å²) >= 11 is 0.740. The highest BCUT2D eigenvalue weighted by atomic mass is 32.1. The molecule has 20 heteroatoms. The number of fused-ring (bicyclic) bond motifs is 2. The molecular formula is C33H23F3N8O8S. The van der Waals surface area contributed by atoms with Gasteiger partial charge in [-0.15, -0.1) is 5.10 Å². The summed E-state index contributed by atoms with van der Waals surface area (Å²) in [6.45, 7) is 0.756. The molecule has 7 rings (SSSR count). The van der Waals surface area contributed by atoms with Crippen LogP contribution in [0.5, 0.6) is 0 Å². The molecule has 1 saturated heterocycles. The summed E-state index contributed by atoms with van der Waals surface area (Å²) in [5.41, 5.74) is 4.52. The first-order valence-corrected chi connectivity index (χ1v) is 16.2. The zero-order chi connectivity index (χ0) is 37.8. The highest BCUT2D eigenvalue weighted by molar-refractivity contribution is 7.14. The van der Waals surface area contributed by atoms with Crippen molar-refractivity contribution in [3.05, 3.63) is 89.4 Å². The summed E-state index contributed by atoms with van der Waals surface area (Å²) in [6, 6.07) is 12.3. The van der Waals surface area contributed by atoms with E-state index in [4.69, 9.17) is 15.2 Å². The number of alkyl halides is 3. The molecule has 0 aliphatic carbocycles. The van der Waals surface area contributed by atoms with Crippen LogP contribution in [-0.4, -0.2) is 80.0 Å². The molecular weight excluding hydrogens is 725 g/mol. The molecule has 5 amide bonds. The number of primary amides is 1. The van der Waals surface area contributed by atoms with Gasteiger partial charge in [-0.25, -0.2) is 9.58 Å². The van der Waals surface area contributed by atoms with E-state index in [9.17, 15) is 41.9 Å². The van der Waals surface area contributed by atoms with Gasteiger partial charge in [0, 0.05) is 30.8 Å². The number of pyridine rings is 1. The van der Waals surface area contributed by atoms with Gasteiger partial charge in [-0.05, 0) is 47.9 Å². The Morgan fingerprint density at radius 1 is 1.06 bits per heavy atom. The first-order chi connectivity index (χ1) is 25.2. The van der Waals surface area contributed by atoms with Crippen molar-refractivity contribution in [2.75, 3.05) is 28.3 Å². The van der Waals surface area contributed by atoms with Crippen LogP contribution < -0.4 is 20.9 Å². The molecule has 0 radical (unpaired) electrons. The molecule has 5 aromatic rings. The van der Waals surface area contributed by atoms with Crippen molar-refractivity contribution in [2.45, 2.75) is 25.3 Å².